The summed E-state index contributed by atoms with van der Waals surface area (Å²) < 4.78 is 5.84. The molecule has 3 rings (SSSR count). The zero-order chi connectivity index (χ0) is 15.9. The van der Waals surface area contributed by atoms with Gasteiger partial charge in [0, 0.05) is 19.3 Å². The standard InChI is InChI=1S/C19H22N2O2/c22-19(18-10-4-5-11-20-18)21-12-6-9-17(13-21)15-23-14-16-7-2-1-3-8-16/h1-5,7-8,10-11,17H,6,9,12-15H2. The summed E-state index contributed by atoms with van der Waals surface area (Å²) in [6, 6.07) is 15.6. The number of hydrogen-bond donors (Lipinski definition) is 0. The molecule has 0 N–H and O–H groups in total. The molecule has 1 unspecified atom stereocenters. The summed E-state index contributed by atoms with van der Waals surface area (Å²) in [5.41, 5.74) is 1.71. The van der Waals surface area contributed by atoms with Crippen molar-refractivity contribution in [3.8, 4) is 0 Å². The highest BCUT2D eigenvalue weighted by molar-refractivity contribution is 5.92. The second-order valence-corrected chi connectivity index (χ2v) is 5.98. The van der Waals surface area contributed by atoms with E-state index in [1.165, 1.54) is 5.56 Å². The number of piperidine rings is 1. The van der Waals surface area contributed by atoms with Gasteiger partial charge >= 0.3 is 0 Å². The van der Waals surface area contributed by atoms with Crippen molar-refractivity contribution in [2.45, 2.75) is 19.4 Å². The zero-order valence-corrected chi connectivity index (χ0v) is 13.2. The highest BCUT2D eigenvalue weighted by atomic mass is 16.5. The number of aromatic nitrogens is 1. The maximum absolute atomic E-state index is 12.5. The molecular weight excluding hydrogens is 288 g/mol. The van der Waals surface area contributed by atoms with Crippen LogP contribution in [0.3, 0.4) is 0 Å². The summed E-state index contributed by atoms with van der Waals surface area (Å²) in [5, 5.41) is 0. The van der Waals surface area contributed by atoms with Gasteiger partial charge in [0.05, 0.1) is 13.2 Å². The SMILES string of the molecule is O=C(c1ccccn1)N1CCCC(COCc2ccccc2)C1. The van der Waals surface area contributed by atoms with Gasteiger partial charge in [-0.15, -0.1) is 0 Å². The molecule has 0 aliphatic carbocycles. The van der Waals surface area contributed by atoms with E-state index in [0.717, 1.165) is 25.9 Å². The summed E-state index contributed by atoms with van der Waals surface area (Å²) in [6.07, 6.45) is 3.80. The van der Waals surface area contributed by atoms with Crippen molar-refractivity contribution in [3.63, 3.8) is 0 Å². The Kier molecular flexibility index (Phi) is 5.37. The van der Waals surface area contributed by atoms with Gasteiger partial charge in [-0.2, -0.15) is 0 Å². The van der Waals surface area contributed by atoms with Crippen molar-refractivity contribution in [1.82, 2.24) is 9.88 Å². The lowest BCUT2D eigenvalue weighted by atomic mass is 9.98. The number of ether oxygens (including phenoxy) is 1. The van der Waals surface area contributed by atoms with Crippen LogP contribution in [-0.4, -0.2) is 35.5 Å². The molecule has 120 valence electrons. The van der Waals surface area contributed by atoms with Crippen molar-refractivity contribution in [2.24, 2.45) is 5.92 Å². The van der Waals surface area contributed by atoms with Crippen LogP contribution in [0.5, 0.6) is 0 Å². The average Bonchev–Trinajstić information content (AvgIpc) is 2.63. The van der Waals surface area contributed by atoms with E-state index in [1.807, 2.05) is 35.2 Å². The van der Waals surface area contributed by atoms with E-state index < -0.39 is 0 Å². The molecule has 2 aromatic rings. The van der Waals surface area contributed by atoms with Crippen molar-refractivity contribution in [3.05, 3.63) is 66.0 Å². The van der Waals surface area contributed by atoms with Gasteiger partial charge in [0.2, 0.25) is 0 Å². The molecule has 1 atom stereocenters. The Labute approximate surface area is 137 Å². The molecule has 1 aromatic carbocycles. The van der Waals surface area contributed by atoms with Gasteiger partial charge in [-0.05, 0) is 36.5 Å². The summed E-state index contributed by atoms with van der Waals surface area (Å²) in [7, 11) is 0. The number of pyridine rings is 1. The van der Waals surface area contributed by atoms with E-state index in [1.54, 1.807) is 12.3 Å². The molecule has 4 heteroatoms. The molecule has 1 aliphatic rings. The van der Waals surface area contributed by atoms with Crippen LogP contribution in [0.2, 0.25) is 0 Å². The fourth-order valence-electron chi connectivity index (χ4n) is 2.95. The van der Waals surface area contributed by atoms with E-state index >= 15 is 0 Å². The predicted octanol–water partition coefficient (Wildman–Crippen LogP) is 3.15. The van der Waals surface area contributed by atoms with Gasteiger partial charge < -0.3 is 9.64 Å². The van der Waals surface area contributed by atoms with Gasteiger partial charge in [0.25, 0.3) is 5.91 Å². The molecule has 1 aliphatic heterocycles. The van der Waals surface area contributed by atoms with Crippen LogP contribution in [-0.2, 0) is 11.3 Å². The Hall–Kier alpha value is -2.20. The first-order valence-corrected chi connectivity index (χ1v) is 8.15. The predicted molar refractivity (Wildman–Crippen MR) is 89.0 cm³/mol. The van der Waals surface area contributed by atoms with Crippen LogP contribution in [0.1, 0.15) is 28.9 Å². The molecule has 0 spiro atoms. The van der Waals surface area contributed by atoms with Crippen LogP contribution >= 0.6 is 0 Å². The van der Waals surface area contributed by atoms with E-state index in [2.05, 4.69) is 17.1 Å². The lowest BCUT2D eigenvalue weighted by molar-refractivity contribution is 0.0422. The smallest absolute Gasteiger partial charge is 0.272 e. The van der Waals surface area contributed by atoms with Gasteiger partial charge in [0.15, 0.2) is 0 Å². The molecule has 1 fully saturated rings. The Balaban J connectivity index is 1.49. The normalized spacial score (nSPS) is 17.9. The first-order chi connectivity index (χ1) is 11.3. The number of carbonyl (C=O) groups excluding carboxylic acids is 1. The highest BCUT2D eigenvalue weighted by Gasteiger charge is 2.25. The topological polar surface area (TPSA) is 42.4 Å². The summed E-state index contributed by atoms with van der Waals surface area (Å²) in [5.74, 6) is 0.429. The number of carbonyl (C=O) groups is 1. The number of nitrogens with zero attached hydrogens (tertiary/aromatic N) is 2. The number of amides is 1. The zero-order valence-electron chi connectivity index (χ0n) is 13.2. The minimum Gasteiger partial charge on any atom is -0.376 e. The Bertz CT molecular complexity index is 616. The van der Waals surface area contributed by atoms with Crippen molar-refractivity contribution in [1.29, 1.82) is 0 Å². The second kappa shape index (κ2) is 7.88. The number of rotatable bonds is 5. The van der Waals surface area contributed by atoms with Crippen molar-refractivity contribution in [2.75, 3.05) is 19.7 Å². The maximum Gasteiger partial charge on any atom is 0.272 e. The molecule has 0 bridgehead atoms. The fraction of sp³-hybridized carbons (Fsp3) is 0.368. The molecule has 0 saturated carbocycles. The van der Waals surface area contributed by atoms with E-state index in [-0.39, 0.29) is 5.91 Å². The summed E-state index contributed by atoms with van der Waals surface area (Å²) in [6.45, 7) is 2.89. The third-order valence-corrected chi connectivity index (χ3v) is 4.16. The Morgan fingerprint density at radius 2 is 2.00 bits per heavy atom. The maximum atomic E-state index is 12.5. The fourth-order valence-corrected chi connectivity index (χ4v) is 2.95. The van der Waals surface area contributed by atoms with Crippen molar-refractivity contribution < 1.29 is 9.53 Å². The largest absolute Gasteiger partial charge is 0.376 e. The van der Waals surface area contributed by atoms with Gasteiger partial charge in [-0.1, -0.05) is 36.4 Å². The van der Waals surface area contributed by atoms with E-state index in [9.17, 15) is 4.79 Å². The molecule has 1 aromatic heterocycles. The average molecular weight is 310 g/mol. The van der Waals surface area contributed by atoms with Gasteiger partial charge in [-0.3, -0.25) is 9.78 Å². The minimum absolute atomic E-state index is 0.0263. The van der Waals surface area contributed by atoms with Crippen LogP contribution in [0, 0.1) is 5.92 Å². The third-order valence-electron chi connectivity index (χ3n) is 4.16. The number of benzene rings is 1. The van der Waals surface area contributed by atoms with E-state index in [4.69, 9.17) is 4.74 Å². The lowest BCUT2D eigenvalue weighted by Crippen LogP contribution is -2.41. The Morgan fingerprint density at radius 3 is 2.78 bits per heavy atom. The van der Waals surface area contributed by atoms with Crippen LogP contribution in [0.15, 0.2) is 54.7 Å². The molecule has 2 heterocycles. The molecule has 4 nitrogen and oxygen atoms in total. The highest BCUT2D eigenvalue weighted by Crippen LogP contribution is 2.19. The quantitative estimate of drug-likeness (QED) is 0.852. The van der Waals surface area contributed by atoms with Gasteiger partial charge in [0.1, 0.15) is 5.69 Å². The Morgan fingerprint density at radius 1 is 1.17 bits per heavy atom. The molecule has 1 amide bonds. The first kappa shape index (κ1) is 15.7. The second-order valence-electron chi connectivity index (χ2n) is 5.98. The van der Waals surface area contributed by atoms with Crippen LogP contribution in [0.4, 0.5) is 0 Å². The lowest BCUT2D eigenvalue weighted by Gasteiger charge is -2.32. The number of hydrogen-bond acceptors (Lipinski definition) is 3. The number of likely N-dealkylation sites (tertiary alicyclic amines) is 1. The first-order valence-electron chi connectivity index (χ1n) is 8.15. The van der Waals surface area contributed by atoms with Gasteiger partial charge in [-0.25, -0.2) is 0 Å². The van der Waals surface area contributed by atoms with Crippen molar-refractivity contribution >= 4 is 5.91 Å². The third kappa shape index (κ3) is 4.39. The van der Waals surface area contributed by atoms with Crippen LogP contribution in [0.25, 0.3) is 0 Å². The summed E-state index contributed by atoms with van der Waals surface area (Å²) in [4.78, 5) is 18.5. The molecule has 1 saturated heterocycles. The summed E-state index contributed by atoms with van der Waals surface area (Å²) >= 11 is 0. The van der Waals surface area contributed by atoms with Crippen LogP contribution < -0.4 is 0 Å². The molecular formula is C19H22N2O2. The monoisotopic (exact) mass is 310 g/mol. The van der Waals surface area contributed by atoms with E-state index in [0.29, 0.717) is 24.8 Å². The molecule has 0 radical (unpaired) electrons. The minimum atomic E-state index is 0.0263. The molecule has 23 heavy (non-hydrogen) atoms.